The topological polar surface area (TPSA) is 91.8 Å². The average molecular weight is 454 g/mol. The zero-order valence-corrected chi connectivity index (χ0v) is 17.6. The molecule has 8 heteroatoms. The van der Waals surface area contributed by atoms with Gasteiger partial charge in [-0.25, -0.2) is 4.98 Å². The summed E-state index contributed by atoms with van der Waals surface area (Å²) in [6.45, 7) is 4.89. The second-order valence-electron chi connectivity index (χ2n) is 6.92. The minimum atomic E-state index is -0.156. The molecule has 0 aliphatic carbocycles. The number of anilines is 1. The zero-order chi connectivity index (χ0) is 20.5. The molecule has 148 valence electrons. The molecule has 4 rings (SSSR count). The summed E-state index contributed by atoms with van der Waals surface area (Å²) < 4.78 is 2.80. The van der Waals surface area contributed by atoms with Crippen molar-refractivity contribution in [2.75, 3.05) is 11.9 Å². The molecule has 0 radical (unpaired) electrons. The number of rotatable bonds is 5. The molecule has 0 fully saturated rings. The third kappa shape index (κ3) is 3.75. The summed E-state index contributed by atoms with van der Waals surface area (Å²) in [6.07, 6.45) is 7.08. The summed E-state index contributed by atoms with van der Waals surface area (Å²) in [5.41, 5.74) is 5.12. The second kappa shape index (κ2) is 7.71. The Kier molecular flexibility index (Phi) is 5.10. The van der Waals surface area contributed by atoms with E-state index < -0.39 is 0 Å². The van der Waals surface area contributed by atoms with Crippen molar-refractivity contribution in [3.8, 4) is 0 Å². The molecule has 0 saturated carbocycles. The third-order valence-electron chi connectivity index (χ3n) is 4.97. The lowest BCUT2D eigenvalue weighted by Crippen LogP contribution is -2.27. The third-order valence-corrected chi connectivity index (χ3v) is 5.46. The van der Waals surface area contributed by atoms with Gasteiger partial charge in [-0.05, 0) is 43.7 Å². The van der Waals surface area contributed by atoms with E-state index in [1.54, 1.807) is 18.6 Å². The number of fused-ring (bicyclic) bond motifs is 1. The standard InChI is InChI=1S/C21H20BrN5O2/c1-12-18(10-16-15-9-14(22)3-4-17(15)26-20(16)28)25-13(2)19(12)21(29)24-6-8-27-7-5-23-11-27/h3-5,7,9-11,25H,6,8H2,1-2H3,(H,24,29)(H,26,28)/b16-10-. The van der Waals surface area contributed by atoms with Gasteiger partial charge in [-0.15, -0.1) is 0 Å². The first-order valence-corrected chi connectivity index (χ1v) is 9.99. The number of amides is 2. The summed E-state index contributed by atoms with van der Waals surface area (Å²) >= 11 is 3.45. The van der Waals surface area contributed by atoms with E-state index in [9.17, 15) is 9.59 Å². The minimum absolute atomic E-state index is 0.139. The molecule has 3 heterocycles. The maximum atomic E-state index is 12.7. The van der Waals surface area contributed by atoms with E-state index in [-0.39, 0.29) is 11.8 Å². The van der Waals surface area contributed by atoms with Gasteiger partial charge in [-0.1, -0.05) is 15.9 Å². The first-order valence-electron chi connectivity index (χ1n) is 9.20. The highest BCUT2D eigenvalue weighted by Gasteiger charge is 2.25. The first kappa shape index (κ1) is 19.2. The predicted octanol–water partition coefficient (Wildman–Crippen LogP) is 3.51. The highest BCUT2D eigenvalue weighted by Crippen LogP contribution is 2.35. The van der Waals surface area contributed by atoms with Crippen LogP contribution in [0.1, 0.15) is 32.9 Å². The maximum Gasteiger partial charge on any atom is 0.256 e. The molecule has 2 aromatic heterocycles. The molecule has 29 heavy (non-hydrogen) atoms. The number of nitrogens with one attached hydrogen (secondary N) is 3. The number of halogens is 1. The molecule has 3 aromatic rings. The van der Waals surface area contributed by atoms with E-state index in [2.05, 4.69) is 36.5 Å². The Hall–Kier alpha value is -3.13. The van der Waals surface area contributed by atoms with Crippen LogP contribution in [0.3, 0.4) is 0 Å². The number of carbonyl (C=O) groups excluding carboxylic acids is 2. The fourth-order valence-corrected chi connectivity index (χ4v) is 3.87. The number of hydrogen-bond acceptors (Lipinski definition) is 3. The van der Waals surface area contributed by atoms with Crippen LogP contribution in [-0.2, 0) is 11.3 Å². The monoisotopic (exact) mass is 453 g/mol. The van der Waals surface area contributed by atoms with Crippen LogP contribution < -0.4 is 10.6 Å². The van der Waals surface area contributed by atoms with Gasteiger partial charge < -0.3 is 20.2 Å². The van der Waals surface area contributed by atoms with Gasteiger partial charge in [0.2, 0.25) is 0 Å². The number of aromatic nitrogens is 3. The summed E-state index contributed by atoms with van der Waals surface area (Å²) in [5, 5.41) is 5.82. The molecular formula is C21H20BrN5O2. The molecule has 0 unspecified atom stereocenters. The Labute approximate surface area is 176 Å². The Balaban J connectivity index is 1.58. The van der Waals surface area contributed by atoms with E-state index in [1.165, 1.54) is 0 Å². The van der Waals surface area contributed by atoms with Gasteiger partial charge in [0.1, 0.15) is 0 Å². The molecule has 0 bridgehead atoms. The predicted molar refractivity (Wildman–Crippen MR) is 115 cm³/mol. The Morgan fingerprint density at radius 1 is 1.34 bits per heavy atom. The summed E-state index contributed by atoms with van der Waals surface area (Å²) in [7, 11) is 0. The van der Waals surface area contributed by atoms with Gasteiger partial charge in [0.15, 0.2) is 0 Å². The van der Waals surface area contributed by atoms with Gasteiger partial charge in [0.05, 0.1) is 17.5 Å². The van der Waals surface area contributed by atoms with Crippen molar-refractivity contribution in [3.63, 3.8) is 0 Å². The SMILES string of the molecule is Cc1[nH]c(/C=C2\C(=O)Nc3ccc(Br)cc32)c(C)c1C(=O)NCCn1ccnc1. The normalized spacial score (nSPS) is 14.2. The van der Waals surface area contributed by atoms with Gasteiger partial charge >= 0.3 is 0 Å². The summed E-state index contributed by atoms with van der Waals surface area (Å²) in [6, 6.07) is 5.66. The van der Waals surface area contributed by atoms with E-state index >= 15 is 0 Å². The van der Waals surface area contributed by atoms with Crippen molar-refractivity contribution < 1.29 is 9.59 Å². The lowest BCUT2D eigenvalue weighted by Gasteiger charge is -2.06. The van der Waals surface area contributed by atoms with Crippen LogP contribution in [-0.4, -0.2) is 32.9 Å². The van der Waals surface area contributed by atoms with E-state index in [0.717, 1.165) is 32.7 Å². The van der Waals surface area contributed by atoms with Gasteiger partial charge in [-0.3, -0.25) is 9.59 Å². The fraction of sp³-hybridized carbons (Fsp3) is 0.190. The van der Waals surface area contributed by atoms with E-state index in [4.69, 9.17) is 0 Å². The molecule has 0 atom stereocenters. The van der Waals surface area contributed by atoms with Crippen molar-refractivity contribution in [1.29, 1.82) is 0 Å². The van der Waals surface area contributed by atoms with Crippen LogP contribution in [0.25, 0.3) is 11.6 Å². The molecular weight excluding hydrogens is 434 g/mol. The minimum Gasteiger partial charge on any atom is -0.358 e. The number of benzene rings is 1. The van der Waals surface area contributed by atoms with Crippen molar-refractivity contribution >= 4 is 45.1 Å². The number of carbonyl (C=O) groups is 2. The summed E-state index contributed by atoms with van der Waals surface area (Å²) in [5.74, 6) is -0.295. The molecule has 7 nitrogen and oxygen atoms in total. The van der Waals surface area contributed by atoms with Crippen LogP contribution in [0.5, 0.6) is 0 Å². The first-order chi connectivity index (χ1) is 13.9. The lowest BCUT2D eigenvalue weighted by atomic mass is 10.0. The quantitative estimate of drug-likeness (QED) is 0.516. The average Bonchev–Trinajstić information content (AvgIpc) is 3.36. The number of nitrogens with zero attached hydrogens (tertiary/aromatic N) is 2. The van der Waals surface area contributed by atoms with Crippen molar-refractivity contribution in [1.82, 2.24) is 19.9 Å². The molecule has 1 aliphatic rings. The van der Waals surface area contributed by atoms with Crippen LogP contribution in [0.2, 0.25) is 0 Å². The van der Waals surface area contributed by atoms with Crippen LogP contribution in [0.4, 0.5) is 5.69 Å². The van der Waals surface area contributed by atoms with Crippen molar-refractivity contribution in [2.45, 2.75) is 20.4 Å². The molecule has 1 aliphatic heterocycles. The van der Waals surface area contributed by atoms with Gasteiger partial charge in [0.25, 0.3) is 11.8 Å². The zero-order valence-electron chi connectivity index (χ0n) is 16.0. The van der Waals surface area contributed by atoms with Gasteiger partial charge in [0, 0.05) is 52.6 Å². The number of imidazole rings is 1. The number of aromatic amines is 1. The maximum absolute atomic E-state index is 12.7. The largest absolute Gasteiger partial charge is 0.358 e. The summed E-state index contributed by atoms with van der Waals surface area (Å²) in [4.78, 5) is 32.4. The second-order valence-corrected chi connectivity index (χ2v) is 7.84. The van der Waals surface area contributed by atoms with Gasteiger partial charge in [-0.2, -0.15) is 0 Å². The highest BCUT2D eigenvalue weighted by molar-refractivity contribution is 9.10. The smallest absolute Gasteiger partial charge is 0.256 e. The van der Waals surface area contributed by atoms with E-state index in [1.807, 2.05) is 42.8 Å². The lowest BCUT2D eigenvalue weighted by molar-refractivity contribution is -0.110. The van der Waals surface area contributed by atoms with Crippen molar-refractivity contribution in [3.05, 3.63) is 69.5 Å². The van der Waals surface area contributed by atoms with Crippen LogP contribution >= 0.6 is 15.9 Å². The van der Waals surface area contributed by atoms with Crippen molar-refractivity contribution in [2.24, 2.45) is 0 Å². The number of hydrogen-bond donors (Lipinski definition) is 3. The Bertz CT molecular complexity index is 1130. The fourth-order valence-electron chi connectivity index (χ4n) is 3.51. The molecule has 0 saturated heterocycles. The highest BCUT2D eigenvalue weighted by atomic mass is 79.9. The Morgan fingerprint density at radius 3 is 2.93 bits per heavy atom. The Morgan fingerprint density at radius 2 is 2.17 bits per heavy atom. The van der Waals surface area contributed by atoms with E-state index in [0.29, 0.717) is 24.2 Å². The van der Waals surface area contributed by atoms with Crippen LogP contribution in [0, 0.1) is 13.8 Å². The molecule has 2 amide bonds. The van der Waals surface area contributed by atoms with Crippen LogP contribution in [0.15, 0.2) is 41.4 Å². The number of H-pyrrole nitrogens is 1. The molecule has 3 N–H and O–H groups in total. The molecule has 1 aromatic carbocycles. The number of aryl methyl sites for hydroxylation is 1. The molecule has 0 spiro atoms.